The molecule has 3 aromatic heterocycles. The zero-order valence-corrected chi connectivity index (χ0v) is 19.8. The molecule has 3 aromatic rings. The van der Waals surface area contributed by atoms with E-state index >= 15 is 0 Å². The lowest BCUT2D eigenvalue weighted by molar-refractivity contribution is -0.121. The number of nitrogens with one attached hydrogen (secondary N) is 2. The summed E-state index contributed by atoms with van der Waals surface area (Å²) >= 11 is 0. The van der Waals surface area contributed by atoms with Crippen molar-refractivity contribution in [2.45, 2.75) is 12.8 Å². The standard InChI is InChI=1S/C28H18N8O2/c37-15-9-11-1-3-13(15)23-21(11)25-31-17-5-7-20(29-17)34-28-24-14-4-2-12(10-16(14)38)22(24)26(36-28)32-18-6-8-19(30-18)33-27(23)35-25/h1-8,11-14H,9-10H2,(H2,29,30,31,32,33,34,35,36). The Balaban J connectivity index is 1.34. The van der Waals surface area contributed by atoms with Gasteiger partial charge < -0.3 is 9.97 Å². The number of rotatable bonds is 0. The first-order valence-electron chi connectivity index (χ1n) is 12.7. The summed E-state index contributed by atoms with van der Waals surface area (Å²) in [7, 11) is 0. The number of nitrogens with zero attached hydrogens (tertiary/aromatic N) is 6. The second kappa shape index (κ2) is 6.91. The molecule has 182 valence electrons. The fourth-order valence-electron chi connectivity index (χ4n) is 6.51. The van der Waals surface area contributed by atoms with Crippen molar-refractivity contribution in [1.82, 2.24) is 39.9 Å². The highest BCUT2D eigenvalue weighted by molar-refractivity contribution is 6.10. The number of carbonyl (C=O) groups is 2. The van der Waals surface area contributed by atoms with Gasteiger partial charge >= 0.3 is 0 Å². The Labute approximate surface area is 214 Å². The molecular weight excluding hydrogens is 480 g/mol. The van der Waals surface area contributed by atoms with Crippen molar-refractivity contribution in [3.63, 3.8) is 0 Å². The molecule has 10 nitrogen and oxygen atoms in total. The van der Waals surface area contributed by atoms with Crippen LogP contribution in [0.4, 0.5) is 0 Å². The van der Waals surface area contributed by atoms with E-state index in [2.05, 4.69) is 22.1 Å². The minimum atomic E-state index is -0.357. The van der Waals surface area contributed by atoms with Crippen LogP contribution in [-0.4, -0.2) is 51.4 Å². The first-order valence-corrected chi connectivity index (χ1v) is 12.7. The molecule has 0 spiro atoms. The van der Waals surface area contributed by atoms with E-state index in [1.165, 1.54) is 0 Å². The average Bonchev–Trinajstić information content (AvgIpc) is 3.69. The van der Waals surface area contributed by atoms with E-state index in [-0.39, 0.29) is 35.2 Å². The van der Waals surface area contributed by atoms with Crippen molar-refractivity contribution in [3.05, 3.63) is 71.9 Å². The molecule has 8 aliphatic rings. The molecule has 38 heavy (non-hydrogen) atoms. The van der Waals surface area contributed by atoms with Gasteiger partial charge in [-0.2, -0.15) is 0 Å². The average molecular weight is 499 g/mol. The molecule has 2 aliphatic heterocycles. The SMILES string of the molecule is O=C1CC2C=CC1C1=C2c2nc1nc1ccc(nc3nc(nc4ccc(n2)[nH]4)C2=C3C3C=CC2C(=O)C3)[nH]1. The van der Waals surface area contributed by atoms with E-state index in [0.717, 1.165) is 22.3 Å². The van der Waals surface area contributed by atoms with Crippen LogP contribution >= 0.6 is 0 Å². The van der Waals surface area contributed by atoms with E-state index in [4.69, 9.17) is 29.9 Å². The van der Waals surface area contributed by atoms with Crippen LogP contribution in [0.15, 0.2) is 48.6 Å². The Bertz CT molecular complexity index is 1810. The van der Waals surface area contributed by atoms with Crippen LogP contribution in [0.2, 0.25) is 0 Å². The minimum absolute atomic E-state index is 0.0627. The van der Waals surface area contributed by atoms with Gasteiger partial charge in [-0.25, -0.2) is 29.9 Å². The topological polar surface area (TPSA) is 143 Å². The number of aromatic nitrogens is 8. The van der Waals surface area contributed by atoms with Gasteiger partial charge in [0, 0.05) is 47.0 Å². The highest BCUT2D eigenvalue weighted by atomic mass is 16.1. The Morgan fingerprint density at radius 2 is 0.868 bits per heavy atom. The van der Waals surface area contributed by atoms with Gasteiger partial charge in [-0.05, 0) is 24.3 Å². The molecule has 0 fully saturated rings. The van der Waals surface area contributed by atoms with Gasteiger partial charge in [0.25, 0.3) is 0 Å². The van der Waals surface area contributed by atoms with Gasteiger partial charge in [0.1, 0.15) is 34.2 Å². The molecule has 11 rings (SSSR count). The van der Waals surface area contributed by atoms with Gasteiger partial charge in [-0.3, -0.25) is 9.59 Å². The monoisotopic (exact) mass is 498 g/mol. The molecule has 4 atom stereocenters. The van der Waals surface area contributed by atoms with Crippen molar-refractivity contribution in [1.29, 1.82) is 0 Å². The number of Topliss-reactive ketones (excluding diaryl/α,β-unsaturated/α-hetero) is 2. The fourth-order valence-corrected chi connectivity index (χ4v) is 6.51. The molecule has 0 amide bonds. The third kappa shape index (κ3) is 2.66. The van der Waals surface area contributed by atoms with Gasteiger partial charge in [0.05, 0.1) is 11.8 Å². The second-order valence-electron chi connectivity index (χ2n) is 10.4. The largest absolute Gasteiger partial charge is 0.325 e. The van der Waals surface area contributed by atoms with E-state index in [1.54, 1.807) is 0 Å². The fraction of sp³-hybridized carbons (Fsp3) is 0.214. The number of ketones is 2. The molecule has 0 aromatic carbocycles. The number of carbonyl (C=O) groups excluding carboxylic acids is 2. The van der Waals surface area contributed by atoms with Crippen LogP contribution in [0.25, 0.3) is 44.9 Å². The molecule has 0 radical (unpaired) electrons. The van der Waals surface area contributed by atoms with Crippen molar-refractivity contribution < 1.29 is 9.59 Å². The first kappa shape index (κ1) is 20.2. The number of allylic oxidation sites excluding steroid dienone is 8. The predicted molar refractivity (Wildman–Crippen MR) is 137 cm³/mol. The summed E-state index contributed by atoms with van der Waals surface area (Å²) in [6, 6.07) is 7.35. The van der Waals surface area contributed by atoms with E-state index in [0.29, 0.717) is 58.7 Å². The van der Waals surface area contributed by atoms with E-state index < -0.39 is 0 Å². The molecule has 12 bridgehead atoms. The molecule has 0 saturated carbocycles. The van der Waals surface area contributed by atoms with Crippen LogP contribution in [0.1, 0.15) is 36.1 Å². The third-order valence-electron chi connectivity index (χ3n) is 8.15. The normalized spacial score (nSPS) is 26.4. The lowest BCUT2D eigenvalue weighted by atomic mass is 9.71. The smallest absolute Gasteiger partial charge is 0.161 e. The number of hydrogen-bond donors (Lipinski definition) is 2. The Hall–Kier alpha value is -4.86. The van der Waals surface area contributed by atoms with Crippen molar-refractivity contribution in [2.24, 2.45) is 23.7 Å². The maximum absolute atomic E-state index is 12.8. The summed E-state index contributed by atoms with van der Waals surface area (Å²) in [5, 5.41) is 0. The summed E-state index contributed by atoms with van der Waals surface area (Å²) in [6.07, 6.45) is 8.97. The van der Waals surface area contributed by atoms with Crippen molar-refractivity contribution in [3.8, 4) is 0 Å². The van der Waals surface area contributed by atoms with Gasteiger partial charge in [-0.15, -0.1) is 0 Å². The second-order valence-corrected chi connectivity index (χ2v) is 10.4. The maximum atomic E-state index is 12.8. The molecule has 10 heteroatoms. The highest BCUT2D eigenvalue weighted by Gasteiger charge is 2.44. The molecule has 2 N–H and O–H groups in total. The maximum Gasteiger partial charge on any atom is 0.161 e. The van der Waals surface area contributed by atoms with Crippen LogP contribution in [0.3, 0.4) is 0 Å². The summed E-state index contributed by atoms with van der Waals surface area (Å²) in [6.45, 7) is 0. The van der Waals surface area contributed by atoms with E-state index in [1.807, 2.05) is 36.4 Å². The van der Waals surface area contributed by atoms with Crippen molar-refractivity contribution in [2.75, 3.05) is 0 Å². The first-order chi connectivity index (χ1) is 18.6. The molecule has 6 aliphatic carbocycles. The highest BCUT2D eigenvalue weighted by Crippen LogP contribution is 2.50. The summed E-state index contributed by atoms with van der Waals surface area (Å²) < 4.78 is 0. The number of H-pyrrole nitrogens is 2. The minimum Gasteiger partial charge on any atom is -0.325 e. The van der Waals surface area contributed by atoms with Crippen LogP contribution < -0.4 is 0 Å². The zero-order valence-electron chi connectivity index (χ0n) is 19.8. The Morgan fingerprint density at radius 1 is 0.500 bits per heavy atom. The van der Waals surface area contributed by atoms with E-state index in [9.17, 15) is 9.59 Å². The number of aromatic amines is 2. The van der Waals surface area contributed by atoms with Gasteiger partial charge in [0.15, 0.2) is 23.3 Å². The number of fused-ring (bicyclic) bond motifs is 10. The molecular formula is C28H18N8O2. The zero-order chi connectivity index (χ0) is 25.1. The van der Waals surface area contributed by atoms with Crippen LogP contribution in [-0.2, 0) is 9.59 Å². The quantitative estimate of drug-likeness (QED) is 0.450. The lowest BCUT2D eigenvalue weighted by Crippen LogP contribution is -2.28. The van der Waals surface area contributed by atoms with Crippen LogP contribution in [0.5, 0.6) is 0 Å². The van der Waals surface area contributed by atoms with Gasteiger partial charge in [-0.1, -0.05) is 24.3 Å². The number of hydrogen-bond acceptors (Lipinski definition) is 8. The molecule has 4 unspecified atom stereocenters. The lowest BCUT2D eigenvalue weighted by Gasteiger charge is -2.30. The summed E-state index contributed by atoms with van der Waals surface area (Å²) in [5.74, 6) is 1.63. The van der Waals surface area contributed by atoms with Gasteiger partial charge in [0.2, 0.25) is 0 Å². The Morgan fingerprint density at radius 3 is 1.24 bits per heavy atom. The molecule has 0 saturated heterocycles. The molecule has 5 heterocycles. The summed E-state index contributed by atoms with van der Waals surface area (Å²) in [4.78, 5) is 60.8. The third-order valence-corrected chi connectivity index (χ3v) is 8.15. The Kier molecular flexibility index (Phi) is 3.68. The van der Waals surface area contributed by atoms with Crippen molar-refractivity contribution >= 4 is 56.4 Å². The van der Waals surface area contributed by atoms with Crippen LogP contribution in [0, 0.1) is 23.7 Å². The predicted octanol–water partition coefficient (Wildman–Crippen LogP) is 3.27. The summed E-state index contributed by atoms with van der Waals surface area (Å²) in [5.41, 5.74) is 5.92.